The third kappa shape index (κ3) is 4.77. The Morgan fingerprint density at radius 2 is 1.83 bits per heavy atom. The van der Waals surface area contributed by atoms with E-state index in [4.69, 9.17) is 4.42 Å². The molecular formula is C21H25N3O4S. The molecule has 0 bridgehead atoms. The molecule has 4 rings (SSSR count). The first-order chi connectivity index (χ1) is 14.0. The summed E-state index contributed by atoms with van der Waals surface area (Å²) in [6, 6.07) is 13.7. The molecule has 0 radical (unpaired) electrons. The molecule has 0 saturated carbocycles. The third-order valence-electron chi connectivity index (χ3n) is 5.38. The molecule has 1 saturated heterocycles. The van der Waals surface area contributed by atoms with Crippen LogP contribution >= 0.6 is 0 Å². The summed E-state index contributed by atoms with van der Waals surface area (Å²) in [6.07, 6.45) is 4.35. The van der Waals surface area contributed by atoms with Gasteiger partial charge in [0, 0.05) is 6.04 Å². The summed E-state index contributed by atoms with van der Waals surface area (Å²) in [6.45, 7) is 2.98. The number of likely N-dealkylation sites (tertiary alicyclic amines) is 1. The number of rotatable bonds is 7. The predicted molar refractivity (Wildman–Crippen MR) is 111 cm³/mol. The Morgan fingerprint density at radius 1 is 1.07 bits per heavy atom. The number of H-pyrrole nitrogens is 1. The normalized spacial score (nSPS) is 16.8. The first-order valence-electron chi connectivity index (χ1n) is 9.94. The van der Waals surface area contributed by atoms with Gasteiger partial charge in [0.15, 0.2) is 5.58 Å². The lowest BCUT2D eigenvalue weighted by Crippen LogP contribution is -2.35. The topological polar surface area (TPSA) is 95.4 Å². The van der Waals surface area contributed by atoms with Crippen LogP contribution in [-0.4, -0.2) is 37.9 Å². The Bertz CT molecular complexity index is 1120. The molecule has 29 heavy (non-hydrogen) atoms. The fourth-order valence-corrected chi connectivity index (χ4v) is 5.11. The number of nitrogens with one attached hydrogen (secondary N) is 2. The fraction of sp³-hybridized carbons (Fsp3) is 0.381. The lowest BCUT2D eigenvalue weighted by atomic mass is 10.0. The highest BCUT2D eigenvalue weighted by Gasteiger charge is 2.23. The number of sulfonamides is 1. The molecule has 7 nitrogen and oxygen atoms in total. The number of nitrogens with zero attached hydrogens (tertiary/aromatic N) is 1. The average Bonchev–Trinajstić information content (AvgIpc) is 3.11. The molecule has 0 aliphatic carbocycles. The smallest absolute Gasteiger partial charge is 0.408 e. The number of fused-ring (bicyclic) bond motifs is 1. The Balaban J connectivity index is 1.56. The zero-order chi connectivity index (χ0) is 20.3. The Kier molecular flexibility index (Phi) is 5.84. The van der Waals surface area contributed by atoms with Crippen molar-refractivity contribution in [3.05, 3.63) is 64.6 Å². The summed E-state index contributed by atoms with van der Waals surface area (Å²) < 4.78 is 34.0. The summed E-state index contributed by atoms with van der Waals surface area (Å²) in [7, 11) is -3.77. The number of hydrogen-bond acceptors (Lipinski definition) is 5. The summed E-state index contributed by atoms with van der Waals surface area (Å²) in [4.78, 5) is 16.4. The molecule has 1 fully saturated rings. The first-order valence-corrected chi connectivity index (χ1v) is 11.4. The maximum atomic E-state index is 13.1. The van der Waals surface area contributed by atoms with Crippen LogP contribution in [0, 0.1) is 0 Å². The number of aromatic amines is 1. The van der Waals surface area contributed by atoms with Crippen LogP contribution in [0.3, 0.4) is 0 Å². The first kappa shape index (κ1) is 19.9. The van der Waals surface area contributed by atoms with Crippen molar-refractivity contribution in [2.45, 2.75) is 36.6 Å². The Morgan fingerprint density at radius 3 is 2.59 bits per heavy atom. The summed E-state index contributed by atoms with van der Waals surface area (Å²) >= 11 is 0. The Hall–Kier alpha value is -2.42. The number of piperidine rings is 1. The molecule has 2 heterocycles. The molecule has 1 aromatic heterocycles. The van der Waals surface area contributed by atoms with E-state index in [0.717, 1.165) is 25.2 Å². The highest BCUT2D eigenvalue weighted by atomic mass is 32.2. The maximum Gasteiger partial charge on any atom is 0.417 e. The van der Waals surface area contributed by atoms with Crippen molar-refractivity contribution in [2.75, 3.05) is 19.6 Å². The predicted octanol–water partition coefficient (Wildman–Crippen LogP) is 3.02. The van der Waals surface area contributed by atoms with Crippen molar-refractivity contribution in [3.63, 3.8) is 0 Å². The third-order valence-corrected chi connectivity index (χ3v) is 6.85. The van der Waals surface area contributed by atoms with Gasteiger partial charge in [0.05, 0.1) is 10.4 Å². The van der Waals surface area contributed by atoms with Crippen LogP contribution in [0.5, 0.6) is 0 Å². The van der Waals surface area contributed by atoms with Gasteiger partial charge in [0.2, 0.25) is 10.0 Å². The van der Waals surface area contributed by atoms with E-state index in [9.17, 15) is 13.2 Å². The SMILES string of the molecule is O=c1[nH]c2cc(S(=O)(=O)NC(CCN3CCCCC3)c3ccccc3)ccc2o1. The van der Waals surface area contributed by atoms with E-state index in [1.807, 2.05) is 30.3 Å². The average molecular weight is 416 g/mol. The second-order valence-electron chi connectivity index (χ2n) is 7.45. The van der Waals surface area contributed by atoms with Gasteiger partial charge < -0.3 is 9.32 Å². The molecule has 1 atom stereocenters. The van der Waals surface area contributed by atoms with E-state index in [-0.39, 0.29) is 10.9 Å². The zero-order valence-corrected chi connectivity index (χ0v) is 17.0. The highest BCUT2D eigenvalue weighted by Crippen LogP contribution is 2.23. The van der Waals surface area contributed by atoms with Crippen molar-refractivity contribution < 1.29 is 12.8 Å². The molecule has 0 amide bonds. The molecule has 1 aliphatic rings. The van der Waals surface area contributed by atoms with Gasteiger partial charge in [-0.25, -0.2) is 17.9 Å². The molecule has 2 N–H and O–H groups in total. The van der Waals surface area contributed by atoms with E-state index in [0.29, 0.717) is 17.5 Å². The van der Waals surface area contributed by atoms with Gasteiger partial charge in [-0.2, -0.15) is 0 Å². The van der Waals surface area contributed by atoms with Crippen LogP contribution < -0.4 is 10.5 Å². The van der Waals surface area contributed by atoms with Crippen molar-refractivity contribution in [2.24, 2.45) is 0 Å². The largest absolute Gasteiger partial charge is 0.417 e. The van der Waals surface area contributed by atoms with Crippen LogP contribution in [0.1, 0.15) is 37.3 Å². The lowest BCUT2D eigenvalue weighted by Gasteiger charge is -2.28. The maximum absolute atomic E-state index is 13.1. The summed E-state index contributed by atoms with van der Waals surface area (Å²) in [5, 5.41) is 0. The molecule has 154 valence electrons. The monoisotopic (exact) mass is 415 g/mol. The lowest BCUT2D eigenvalue weighted by molar-refractivity contribution is 0.219. The van der Waals surface area contributed by atoms with Crippen LogP contribution in [0.15, 0.2) is 62.6 Å². The number of aromatic nitrogens is 1. The van der Waals surface area contributed by atoms with Crippen molar-refractivity contribution in [3.8, 4) is 0 Å². The van der Waals surface area contributed by atoms with Gasteiger partial charge in [-0.1, -0.05) is 36.8 Å². The van der Waals surface area contributed by atoms with Crippen LogP contribution in [0.2, 0.25) is 0 Å². The molecule has 8 heteroatoms. The highest BCUT2D eigenvalue weighted by molar-refractivity contribution is 7.89. The number of benzene rings is 2. The second-order valence-corrected chi connectivity index (χ2v) is 9.16. The van der Waals surface area contributed by atoms with Crippen LogP contribution in [0.4, 0.5) is 0 Å². The van der Waals surface area contributed by atoms with Crippen molar-refractivity contribution in [1.29, 1.82) is 0 Å². The van der Waals surface area contributed by atoms with Gasteiger partial charge in [0.1, 0.15) is 0 Å². The van der Waals surface area contributed by atoms with E-state index < -0.39 is 15.8 Å². The van der Waals surface area contributed by atoms with E-state index in [1.54, 1.807) is 0 Å². The van der Waals surface area contributed by atoms with Crippen LogP contribution in [0.25, 0.3) is 11.1 Å². The van der Waals surface area contributed by atoms with Crippen molar-refractivity contribution in [1.82, 2.24) is 14.6 Å². The molecule has 1 aliphatic heterocycles. The van der Waals surface area contributed by atoms with E-state index >= 15 is 0 Å². The molecular weight excluding hydrogens is 390 g/mol. The summed E-state index contributed by atoms with van der Waals surface area (Å²) in [5.74, 6) is -0.605. The quantitative estimate of drug-likeness (QED) is 0.618. The minimum Gasteiger partial charge on any atom is -0.408 e. The standard InChI is InChI=1S/C21H25N3O4S/c25-21-22-19-15-17(9-10-20(19)28-21)29(26,27)23-18(16-7-3-1-4-8-16)11-14-24-12-5-2-6-13-24/h1,3-4,7-10,15,18,23H,2,5-6,11-14H2,(H,22,25). The molecule has 2 aromatic carbocycles. The second kappa shape index (κ2) is 8.52. The van der Waals surface area contributed by atoms with Crippen LogP contribution in [-0.2, 0) is 10.0 Å². The fourth-order valence-electron chi connectivity index (χ4n) is 3.83. The summed E-state index contributed by atoms with van der Waals surface area (Å²) in [5.41, 5.74) is 1.63. The number of oxazole rings is 1. The van der Waals surface area contributed by atoms with Gasteiger partial charge in [-0.05, 0) is 62.7 Å². The molecule has 1 unspecified atom stereocenters. The van der Waals surface area contributed by atoms with E-state index in [2.05, 4.69) is 14.6 Å². The van der Waals surface area contributed by atoms with Crippen molar-refractivity contribution >= 4 is 21.1 Å². The molecule has 3 aromatic rings. The zero-order valence-electron chi connectivity index (χ0n) is 16.1. The van der Waals surface area contributed by atoms with Gasteiger partial charge in [-0.3, -0.25) is 4.98 Å². The van der Waals surface area contributed by atoms with Gasteiger partial charge >= 0.3 is 5.76 Å². The van der Waals surface area contributed by atoms with E-state index in [1.165, 1.54) is 37.5 Å². The number of hydrogen-bond donors (Lipinski definition) is 2. The minimum absolute atomic E-state index is 0.0981. The Labute approximate surface area is 169 Å². The van der Waals surface area contributed by atoms with Gasteiger partial charge in [-0.15, -0.1) is 0 Å². The minimum atomic E-state index is -3.77. The molecule has 0 spiro atoms. The van der Waals surface area contributed by atoms with Gasteiger partial charge in [0.25, 0.3) is 0 Å².